The van der Waals surface area contributed by atoms with E-state index in [4.69, 9.17) is 5.73 Å². The number of amides is 3. The molecule has 2 aliphatic rings. The number of nitrogens with two attached hydrogens (primary N) is 1. The molecular weight excluding hydrogens is 588 g/mol. The van der Waals surface area contributed by atoms with Crippen LogP contribution in [0.5, 0.6) is 0 Å². The lowest BCUT2D eigenvalue weighted by Gasteiger charge is -2.38. The fraction of sp³-hybridized carbons (Fsp3) is 0.410. The Labute approximate surface area is 278 Å². The average Bonchev–Trinajstić information content (AvgIpc) is 3.09. The maximum absolute atomic E-state index is 14.5. The predicted octanol–water partition coefficient (Wildman–Crippen LogP) is 4.60. The van der Waals surface area contributed by atoms with Crippen LogP contribution in [0.4, 0.5) is 0 Å². The third-order valence-corrected chi connectivity index (χ3v) is 9.87. The normalized spacial score (nSPS) is 17.5. The van der Waals surface area contributed by atoms with Gasteiger partial charge in [-0.3, -0.25) is 14.4 Å². The van der Waals surface area contributed by atoms with Crippen molar-refractivity contribution in [2.24, 2.45) is 5.73 Å². The van der Waals surface area contributed by atoms with Crippen molar-refractivity contribution in [1.29, 1.82) is 0 Å². The number of nitrogens with zero attached hydrogens (tertiary/aromatic N) is 3. The van der Waals surface area contributed by atoms with Gasteiger partial charge in [0.25, 0.3) is 0 Å². The first-order chi connectivity index (χ1) is 22.6. The molecule has 2 atom stereocenters. The van der Waals surface area contributed by atoms with Crippen molar-refractivity contribution in [3.05, 3.63) is 108 Å². The van der Waals surface area contributed by atoms with Gasteiger partial charge in [0, 0.05) is 45.6 Å². The molecule has 5 rings (SSSR count). The SMILES string of the molecule is CN(C(=O)[C@H](Cc1ccc(-c2ccccc2)cc1)N(C)C(=O)/C=C/CC1(N)CCC1)[C@H](Cc1ccccc1)C(=O)N1CCC(O)CC1. The minimum absolute atomic E-state index is 0.148. The molecule has 1 saturated carbocycles. The van der Waals surface area contributed by atoms with Gasteiger partial charge in [0.15, 0.2) is 0 Å². The van der Waals surface area contributed by atoms with E-state index in [1.807, 2.05) is 78.9 Å². The van der Waals surface area contributed by atoms with E-state index in [2.05, 4.69) is 12.1 Å². The van der Waals surface area contributed by atoms with Crippen LogP contribution in [0, 0.1) is 0 Å². The van der Waals surface area contributed by atoms with Crippen LogP contribution in [0.3, 0.4) is 0 Å². The minimum atomic E-state index is -0.843. The molecule has 1 aliphatic carbocycles. The zero-order valence-electron chi connectivity index (χ0n) is 27.6. The highest BCUT2D eigenvalue weighted by Gasteiger charge is 2.37. The summed E-state index contributed by atoms with van der Waals surface area (Å²) in [5, 5.41) is 10.1. The van der Waals surface area contributed by atoms with Gasteiger partial charge >= 0.3 is 0 Å². The smallest absolute Gasteiger partial charge is 0.246 e. The average molecular weight is 637 g/mol. The number of piperidine rings is 1. The van der Waals surface area contributed by atoms with Crippen LogP contribution in [-0.2, 0) is 27.2 Å². The predicted molar refractivity (Wildman–Crippen MR) is 185 cm³/mol. The molecule has 3 amide bonds. The topological polar surface area (TPSA) is 107 Å². The van der Waals surface area contributed by atoms with E-state index in [0.29, 0.717) is 38.8 Å². The van der Waals surface area contributed by atoms with Crippen molar-refractivity contribution in [2.45, 2.75) is 75.1 Å². The second kappa shape index (κ2) is 15.5. The highest BCUT2D eigenvalue weighted by molar-refractivity contribution is 5.95. The summed E-state index contributed by atoms with van der Waals surface area (Å²) >= 11 is 0. The number of likely N-dealkylation sites (N-methyl/N-ethyl adjacent to an activating group) is 2. The summed E-state index contributed by atoms with van der Waals surface area (Å²) in [5.74, 6) is -0.733. The van der Waals surface area contributed by atoms with Crippen molar-refractivity contribution in [2.75, 3.05) is 27.2 Å². The second-order valence-corrected chi connectivity index (χ2v) is 13.3. The Morgan fingerprint density at radius 3 is 1.98 bits per heavy atom. The van der Waals surface area contributed by atoms with Gasteiger partial charge in [-0.25, -0.2) is 0 Å². The third kappa shape index (κ3) is 8.76. The zero-order chi connectivity index (χ0) is 33.4. The Kier molecular flexibility index (Phi) is 11.3. The lowest BCUT2D eigenvalue weighted by atomic mass is 9.75. The first-order valence-corrected chi connectivity index (χ1v) is 16.8. The Morgan fingerprint density at radius 1 is 0.830 bits per heavy atom. The van der Waals surface area contributed by atoms with Gasteiger partial charge in [0.2, 0.25) is 17.7 Å². The molecule has 8 nitrogen and oxygen atoms in total. The summed E-state index contributed by atoms with van der Waals surface area (Å²) in [5.41, 5.74) is 10.1. The number of carbonyl (C=O) groups is 3. The van der Waals surface area contributed by atoms with E-state index in [0.717, 1.165) is 41.5 Å². The largest absolute Gasteiger partial charge is 0.393 e. The van der Waals surface area contributed by atoms with E-state index in [1.54, 1.807) is 19.0 Å². The molecule has 8 heteroatoms. The Bertz CT molecular complexity index is 1510. The highest BCUT2D eigenvalue weighted by Crippen LogP contribution is 2.32. The Balaban J connectivity index is 1.40. The molecule has 3 N–H and O–H groups in total. The first kappa shape index (κ1) is 34.1. The van der Waals surface area contributed by atoms with Crippen molar-refractivity contribution in [1.82, 2.24) is 14.7 Å². The minimum Gasteiger partial charge on any atom is -0.393 e. The number of rotatable bonds is 12. The maximum atomic E-state index is 14.5. The molecule has 1 heterocycles. The molecule has 3 aromatic rings. The number of aliphatic hydroxyl groups is 1. The van der Waals surface area contributed by atoms with Crippen LogP contribution < -0.4 is 5.73 Å². The van der Waals surface area contributed by atoms with Gasteiger partial charge in [-0.05, 0) is 66.9 Å². The monoisotopic (exact) mass is 636 g/mol. The highest BCUT2D eigenvalue weighted by atomic mass is 16.3. The maximum Gasteiger partial charge on any atom is 0.246 e. The first-order valence-electron chi connectivity index (χ1n) is 16.8. The molecule has 0 radical (unpaired) electrons. The van der Waals surface area contributed by atoms with Crippen molar-refractivity contribution < 1.29 is 19.5 Å². The molecule has 0 aromatic heterocycles. The molecule has 2 fully saturated rings. The number of hydrogen-bond donors (Lipinski definition) is 2. The lowest BCUT2D eigenvalue weighted by molar-refractivity contribution is -0.150. The summed E-state index contributed by atoms with van der Waals surface area (Å²) in [4.78, 5) is 46.9. The number of hydrogen-bond acceptors (Lipinski definition) is 5. The molecule has 1 saturated heterocycles. The van der Waals surface area contributed by atoms with Crippen molar-refractivity contribution in [3.63, 3.8) is 0 Å². The summed E-state index contributed by atoms with van der Waals surface area (Å²) in [6.07, 6.45) is 8.19. The fourth-order valence-electron chi connectivity index (χ4n) is 6.49. The molecule has 3 aromatic carbocycles. The summed E-state index contributed by atoms with van der Waals surface area (Å²) < 4.78 is 0. The summed E-state index contributed by atoms with van der Waals surface area (Å²) in [6, 6.07) is 26.2. The fourth-order valence-corrected chi connectivity index (χ4v) is 6.49. The molecule has 248 valence electrons. The Hall–Kier alpha value is -4.27. The number of carbonyl (C=O) groups excluding carboxylic acids is 3. The van der Waals surface area contributed by atoms with Crippen LogP contribution in [0.15, 0.2) is 97.1 Å². The third-order valence-electron chi connectivity index (χ3n) is 9.87. The van der Waals surface area contributed by atoms with Gasteiger partial charge in [0.05, 0.1) is 6.10 Å². The van der Waals surface area contributed by atoms with Gasteiger partial charge < -0.3 is 25.5 Å². The molecular formula is C39H48N4O4. The van der Waals surface area contributed by atoms with Crippen LogP contribution in [0.1, 0.15) is 49.7 Å². The van der Waals surface area contributed by atoms with E-state index in [9.17, 15) is 19.5 Å². The van der Waals surface area contributed by atoms with Gasteiger partial charge in [-0.2, -0.15) is 0 Å². The summed E-state index contributed by atoms with van der Waals surface area (Å²) in [6.45, 7) is 0.882. The van der Waals surface area contributed by atoms with E-state index < -0.39 is 18.2 Å². The Morgan fingerprint density at radius 2 is 1.38 bits per heavy atom. The molecule has 47 heavy (non-hydrogen) atoms. The van der Waals surface area contributed by atoms with Gasteiger partial charge in [-0.15, -0.1) is 0 Å². The number of likely N-dealkylation sites (tertiary alicyclic amines) is 1. The molecule has 0 spiro atoms. The van der Waals surface area contributed by atoms with Crippen LogP contribution >= 0.6 is 0 Å². The molecule has 1 aliphatic heterocycles. The van der Waals surface area contributed by atoms with Crippen LogP contribution in [0.2, 0.25) is 0 Å². The number of aliphatic hydroxyl groups excluding tert-OH is 1. The standard InChI is InChI=1S/C39H48N4O4/c1-41(36(45)15-9-22-39(40)23-10-24-39)34(28-30-16-18-32(19-17-30)31-13-7-4-8-14-31)37(46)42(2)35(27-29-11-5-3-6-12-29)38(47)43-25-20-33(44)21-26-43/h3-9,11-19,33-35,44H,10,20-28,40H2,1-2H3/b15-9+/t34-,35+/m0/s1. The van der Waals surface area contributed by atoms with E-state index >= 15 is 0 Å². The van der Waals surface area contributed by atoms with Gasteiger partial charge in [0.1, 0.15) is 12.1 Å². The van der Waals surface area contributed by atoms with E-state index in [-0.39, 0.29) is 29.7 Å². The lowest BCUT2D eigenvalue weighted by Crippen LogP contribution is -2.57. The quantitative estimate of drug-likeness (QED) is 0.283. The molecule has 0 unspecified atom stereocenters. The van der Waals surface area contributed by atoms with Crippen LogP contribution in [0.25, 0.3) is 11.1 Å². The van der Waals surface area contributed by atoms with Crippen molar-refractivity contribution >= 4 is 17.7 Å². The summed E-state index contributed by atoms with van der Waals surface area (Å²) in [7, 11) is 3.32. The van der Waals surface area contributed by atoms with Gasteiger partial charge in [-0.1, -0.05) is 91.0 Å². The zero-order valence-corrected chi connectivity index (χ0v) is 27.6. The van der Waals surface area contributed by atoms with Crippen LogP contribution in [-0.4, -0.2) is 88.4 Å². The second-order valence-electron chi connectivity index (χ2n) is 13.3. The number of benzene rings is 3. The molecule has 0 bridgehead atoms. The van der Waals surface area contributed by atoms with E-state index in [1.165, 1.54) is 15.9 Å². The van der Waals surface area contributed by atoms with Crippen molar-refractivity contribution in [3.8, 4) is 11.1 Å².